The average Bonchev–Trinajstić information content (AvgIpc) is 3.32. The van der Waals surface area contributed by atoms with Crippen molar-refractivity contribution in [1.29, 1.82) is 0 Å². The standard InChI is InChI=1S/C16H23N3O/c1-18(16(20)14-4-5-14)15-6-9-19(10-7-15)12-13-3-2-8-17-11-13/h2-3,8,11,14-15H,4-7,9-10,12H2,1H3. The molecule has 0 N–H and O–H groups in total. The van der Waals surface area contributed by atoms with Crippen LogP contribution in [0.3, 0.4) is 0 Å². The fourth-order valence-corrected chi connectivity index (χ4v) is 3.01. The summed E-state index contributed by atoms with van der Waals surface area (Å²) in [5, 5.41) is 0. The van der Waals surface area contributed by atoms with Gasteiger partial charge in [-0.3, -0.25) is 14.7 Å². The first-order valence-corrected chi connectivity index (χ1v) is 7.62. The maximum atomic E-state index is 12.1. The molecule has 1 aliphatic heterocycles. The Morgan fingerprint density at radius 3 is 2.70 bits per heavy atom. The molecule has 0 atom stereocenters. The van der Waals surface area contributed by atoms with Gasteiger partial charge in [0, 0.05) is 51.0 Å². The van der Waals surface area contributed by atoms with E-state index in [4.69, 9.17) is 0 Å². The normalized spacial score (nSPS) is 20.9. The first-order chi connectivity index (χ1) is 9.74. The van der Waals surface area contributed by atoms with Gasteiger partial charge in [-0.2, -0.15) is 0 Å². The highest BCUT2D eigenvalue weighted by Crippen LogP contribution is 2.32. The molecule has 1 saturated heterocycles. The molecule has 1 aromatic rings. The van der Waals surface area contributed by atoms with Gasteiger partial charge in [-0.05, 0) is 37.3 Å². The average molecular weight is 273 g/mol. The lowest BCUT2D eigenvalue weighted by Crippen LogP contribution is -2.45. The fraction of sp³-hybridized carbons (Fsp3) is 0.625. The fourth-order valence-electron chi connectivity index (χ4n) is 3.01. The number of hydrogen-bond acceptors (Lipinski definition) is 3. The number of carbonyl (C=O) groups is 1. The van der Waals surface area contributed by atoms with Gasteiger partial charge in [0.1, 0.15) is 0 Å². The largest absolute Gasteiger partial charge is 0.342 e. The number of nitrogens with zero attached hydrogens (tertiary/aromatic N) is 3. The van der Waals surface area contributed by atoms with Crippen LogP contribution < -0.4 is 0 Å². The zero-order chi connectivity index (χ0) is 13.9. The second-order valence-electron chi connectivity index (χ2n) is 6.09. The van der Waals surface area contributed by atoms with Crippen LogP contribution in [0, 0.1) is 5.92 Å². The van der Waals surface area contributed by atoms with Gasteiger partial charge in [0.15, 0.2) is 0 Å². The molecule has 4 nitrogen and oxygen atoms in total. The highest BCUT2D eigenvalue weighted by molar-refractivity contribution is 5.81. The maximum absolute atomic E-state index is 12.1. The molecule has 0 spiro atoms. The SMILES string of the molecule is CN(C(=O)C1CC1)C1CCN(Cc2cccnc2)CC1. The van der Waals surface area contributed by atoms with E-state index in [0.29, 0.717) is 17.9 Å². The van der Waals surface area contributed by atoms with Gasteiger partial charge in [0.25, 0.3) is 0 Å². The number of hydrogen-bond donors (Lipinski definition) is 0. The first kappa shape index (κ1) is 13.6. The van der Waals surface area contributed by atoms with Gasteiger partial charge >= 0.3 is 0 Å². The second kappa shape index (κ2) is 5.92. The lowest BCUT2D eigenvalue weighted by Gasteiger charge is -2.36. The third-order valence-electron chi connectivity index (χ3n) is 4.51. The van der Waals surface area contributed by atoms with E-state index in [9.17, 15) is 4.79 Å². The molecule has 0 unspecified atom stereocenters. The van der Waals surface area contributed by atoms with E-state index in [0.717, 1.165) is 45.3 Å². The molecule has 4 heteroatoms. The first-order valence-electron chi connectivity index (χ1n) is 7.62. The van der Waals surface area contributed by atoms with Gasteiger partial charge in [0.2, 0.25) is 5.91 Å². The topological polar surface area (TPSA) is 36.4 Å². The Bertz CT molecular complexity index is 450. The van der Waals surface area contributed by atoms with Crippen LogP contribution in [0.2, 0.25) is 0 Å². The van der Waals surface area contributed by atoms with Crippen LogP contribution >= 0.6 is 0 Å². The van der Waals surface area contributed by atoms with E-state index < -0.39 is 0 Å². The van der Waals surface area contributed by atoms with E-state index in [1.165, 1.54) is 5.56 Å². The summed E-state index contributed by atoms with van der Waals surface area (Å²) in [4.78, 5) is 20.7. The highest BCUT2D eigenvalue weighted by atomic mass is 16.2. The van der Waals surface area contributed by atoms with Gasteiger partial charge in [-0.15, -0.1) is 0 Å². The number of likely N-dealkylation sites (tertiary alicyclic amines) is 1. The summed E-state index contributed by atoms with van der Waals surface area (Å²) in [5.74, 6) is 0.712. The van der Waals surface area contributed by atoms with Gasteiger partial charge in [-0.1, -0.05) is 6.07 Å². The van der Waals surface area contributed by atoms with Crippen molar-refractivity contribution in [2.45, 2.75) is 38.3 Å². The monoisotopic (exact) mass is 273 g/mol. The Kier molecular flexibility index (Phi) is 4.01. The Morgan fingerprint density at radius 2 is 2.10 bits per heavy atom. The van der Waals surface area contributed by atoms with Crippen LogP contribution in [-0.4, -0.2) is 46.9 Å². The summed E-state index contributed by atoms with van der Waals surface area (Å²) in [7, 11) is 1.99. The van der Waals surface area contributed by atoms with Crippen LogP contribution in [0.4, 0.5) is 0 Å². The third kappa shape index (κ3) is 3.18. The van der Waals surface area contributed by atoms with Crippen molar-refractivity contribution in [3.8, 4) is 0 Å². The van der Waals surface area contributed by atoms with Crippen molar-refractivity contribution in [3.63, 3.8) is 0 Å². The van der Waals surface area contributed by atoms with Crippen molar-refractivity contribution < 1.29 is 4.79 Å². The van der Waals surface area contributed by atoms with E-state index >= 15 is 0 Å². The number of pyridine rings is 1. The lowest BCUT2D eigenvalue weighted by atomic mass is 10.0. The molecule has 20 heavy (non-hydrogen) atoms. The van der Waals surface area contributed by atoms with Gasteiger partial charge in [-0.25, -0.2) is 0 Å². The molecule has 108 valence electrons. The highest BCUT2D eigenvalue weighted by Gasteiger charge is 2.35. The smallest absolute Gasteiger partial charge is 0.225 e. The minimum Gasteiger partial charge on any atom is -0.342 e. The van der Waals surface area contributed by atoms with Gasteiger partial charge < -0.3 is 4.90 Å². The zero-order valence-corrected chi connectivity index (χ0v) is 12.2. The number of aromatic nitrogens is 1. The Balaban J connectivity index is 1.48. The van der Waals surface area contributed by atoms with Crippen LogP contribution in [0.5, 0.6) is 0 Å². The molecular formula is C16H23N3O. The molecule has 3 rings (SSSR count). The quantitative estimate of drug-likeness (QED) is 0.841. The third-order valence-corrected chi connectivity index (χ3v) is 4.51. The predicted molar refractivity (Wildman–Crippen MR) is 78.0 cm³/mol. The number of carbonyl (C=O) groups excluding carboxylic acids is 1. The molecule has 1 aliphatic carbocycles. The summed E-state index contributed by atoms with van der Waals surface area (Å²) >= 11 is 0. The Morgan fingerprint density at radius 1 is 1.35 bits per heavy atom. The molecule has 0 radical (unpaired) electrons. The molecule has 0 bridgehead atoms. The number of rotatable bonds is 4. The summed E-state index contributed by atoms with van der Waals surface area (Å²) in [5.41, 5.74) is 1.27. The summed E-state index contributed by atoms with van der Waals surface area (Å²) in [6, 6.07) is 4.56. The van der Waals surface area contributed by atoms with Crippen LogP contribution in [0.15, 0.2) is 24.5 Å². The van der Waals surface area contributed by atoms with E-state index in [2.05, 4.69) is 16.0 Å². The molecule has 1 saturated carbocycles. The van der Waals surface area contributed by atoms with Crippen molar-refractivity contribution in [3.05, 3.63) is 30.1 Å². The molecule has 2 aliphatic rings. The lowest BCUT2D eigenvalue weighted by molar-refractivity contribution is -0.134. The van der Waals surface area contributed by atoms with Crippen LogP contribution in [-0.2, 0) is 11.3 Å². The van der Waals surface area contributed by atoms with Crippen molar-refractivity contribution in [1.82, 2.24) is 14.8 Å². The van der Waals surface area contributed by atoms with Crippen LogP contribution in [0.25, 0.3) is 0 Å². The molecule has 2 fully saturated rings. The minimum atomic E-state index is 0.341. The molecular weight excluding hydrogens is 250 g/mol. The van der Waals surface area contributed by atoms with Gasteiger partial charge in [0.05, 0.1) is 0 Å². The van der Waals surface area contributed by atoms with E-state index in [-0.39, 0.29) is 0 Å². The van der Waals surface area contributed by atoms with Crippen molar-refractivity contribution >= 4 is 5.91 Å². The molecule has 1 aromatic heterocycles. The predicted octanol–water partition coefficient (Wildman–Crippen LogP) is 1.91. The van der Waals surface area contributed by atoms with E-state index in [1.54, 1.807) is 0 Å². The Hall–Kier alpha value is -1.42. The van der Waals surface area contributed by atoms with E-state index in [1.807, 2.05) is 30.4 Å². The summed E-state index contributed by atoms with van der Waals surface area (Å²) in [6.07, 6.45) is 8.14. The number of amides is 1. The molecule has 2 heterocycles. The molecule has 1 amide bonds. The second-order valence-corrected chi connectivity index (χ2v) is 6.09. The number of piperidine rings is 1. The molecule has 0 aromatic carbocycles. The maximum Gasteiger partial charge on any atom is 0.225 e. The van der Waals surface area contributed by atoms with Crippen molar-refractivity contribution in [2.24, 2.45) is 5.92 Å². The van der Waals surface area contributed by atoms with Crippen LogP contribution in [0.1, 0.15) is 31.2 Å². The van der Waals surface area contributed by atoms with Crippen molar-refractivity contribution in [2.75, 3.05) is 20.1 Å². The summed E-state index contributed by atoms with van der Waals surface area (Å²) in [6.45, 7) is 3.12. The summed E-state index contributed by atoms with van der Waals surface area (Å²) < 4.78 is 0. The Labute approximate surface area is 120 Å². The minimum absolute atomic E-state index is 0.341. The zero-order valence-electron chi connectivity index (χ0n) is 12.2.